The van der Waals surface area contributed by atoms with E-state index in [1.54, 1.807) is 6.92 Å². The number of methoxy groups -OCH3 is 1. The van der Waals surface area contributed by atoms with Crippen LogP contribution in [0.1, 0.15) is 11.1 Å². The summed E-state index contributed by atoms with van der Waals surface area (Å²) in [4.78, 5) is 10.8. The van der Waals surface area contributed by atoms with Crippen molar-refractivity contribution in [2.75, 3.05) is 7.11 Å². The minimum Gasteiger partial charge on any atom is -0.464 e. The fourth-order valence-electron chi connectivity index (χ4n) is 1.03. The minimum atomic E-state index is -3.66. The van der Waals surface area contributed by atoms with Crippen LogP contribution in [0.25, 0.3) is 0 Å². The van der Waals surface area contributed by atoms with E-state index in [4.69, 9.17) is 11.6 Å². The largest absolute Gasteiger partial charge is 0.464 e. The van der Waals surface area contributed by atoms with Crippen LogP contribution in [0.15, 0.2) is 18.2 Å². The van der Waals surface area contributed by atoms with Crippen LogP contribution in [0.4, 0.5) is 8.78 Å². The van der Waals surface area contributed by atoms with E-state index in [2.05, 4.69) is 4.74 Å². The number of hydrogen-bond donors (Lipinski definition) is 0. The van der Waals surface area contributed by atoms with Crippen LogP contribution in [0.5, 0.6) is 0 Å². The van der Waals surface area contributed by atoms with Crippen LogP contribution < -0.4 is 0 Å². The zero-order valence-corrected chi connectivity index (χ0v) is 8.94. The molecule has 0 bridgehead atoms. The van der Waals surface area contributed by atoms with E-state index in [1.807, 2.05) is 0 Å². The summed E-state index contributed by atoms with van der Waals surface area (Å²) >= 11 is 5.68. The van der Waals surface area contributed by atoms with Crippen molar-refractivity contribution in [1.82, 2.24) is 0 Å². The molecule has 1 aromatic carbocycles. The highest BCUT2D eigenvalue weighted by molar-refractivity contribution is 6.31. The summed E-state index contributed by atoms with van der Waals surface area (Å²) in [6.45, 7) is 1.68. The van der Waals surface area contributed by atoms with Crippen molar-refractivity contribution in [3.05, 3.63) is 34.3 Å². The van der Waals surface area contributed by atoms with Crippen LogP contribution >= 0.6 is 11.6 Å². The molecular formula is C10H9ClF2O2. The molecule has 0 fully saturated rings. The Labute approximate surface area is 90.8 Å². The quantitative estimate of drug-likeness (QED) is 0.736. The Morgan fingerprint density at radius 3 is 2.53 bits per heavy atom. The number of rotatable bonds is 2. The molecule has 1 aromatic rings. The van der Waals surface area contributed by atoms with Gasteiger partial charge in [0.1, 0.15) is 0 Å². The summed E-state index contributed by atoms with van der Waals surface area (Å²) in [5, 5.41) is 0.191. The smallest absolute Gasteiger partial charge is 0.381 e. The third-order valence-electron chi connectivity index (χ3n) is 1.98. The number of aryl methyl sites for hydroxylation is 1. The van der Waals surface area contributed by atoms with Gasteiger partial charge < -0.3 is 4.74 Å². The van der Waals surface area contributed by atoms with Crippen LogP contribution in [0.3, 0.4) is 0 Å². The number of ether oxygens (including phenoxy) is 1. The van der Waals surface area contributed by atoms with E-state index in [1.165, 1.54) is 6.07 Å². The summed E-state index contributed by atoms with van der Waals surface area (Å²) in [6, 6.07) is 3.64. The van der Waals surface area contributed by atoms with E-state index in [-0.39, 0.29) is 5.02 Å². The second kappa shape index (κ2) is 4.14. The molecule has 0 amide bonds. The van der Waals surface area contributed by atoms with Crippen molar-refractivity contribution in [2.45, 2.75) is 12.8 Å². The number of hydrogen-bond acceptors (Lipinski definition) is 2. The van der Waals surface area contributed by atoms with Gasteiger partial charge in [-0.15, -0.1) is 0 Å². The van der Waals surface area contributed by atoms with Crippen LogP contribution in [-0.4, -0.2) is 13.1 Å². The first-order valence-corrected chi connectivity index (χ1v) is 4.50. The van der Waals surface area contributed by atoms with Gasteiger partial charge in [0, 0.05) is 10.6 Å². The number of carbonyl (C=O) groups excluding carboxylic acids is 1. The van der Waals surface area contributed by atoms with Gasteiger partial charge in [0.2, 0.25) is 0 Å². The first-order valence-electron chi connectivity index (χ1n) is 4.12. The molecule has 1 rings (SSSR count). The molecule has 0 heterocycles. The van der Waals surface area contributed by atoms with E-state index in [0.29, 0.717) is 5.56 Å². The molecule has 0 saturated carbocycles. The molecule has 0 aliphatic carbocycles. The average Bonchev–Trinajstić information content (AvgIpc) is 2.20. The van der Waals surface area contributed by atoms with Gasteiger partial charge in [-0.05, 0) is 18.6 Å². The van der Waals surface area contributed by atoms with Crippen molar-refractivity contribution in [1.29, 1.82) is 0 Å². The van der Waals surface area contributed by atoms with Gasteiger partial charge in [0.25, 0.3) is 0 Å². The molecule has 0 atom stereocenters. The molecule has 2 nitrogen and oxygen atoms in total. The Bertz CT molecular complexity index is 391. The molecule has 0 aliphatic heterocycles. The van der Waals surface area contributed by atoms with Gasteiger partial charge in [-0.3, -0.25) is 0 Å². The maximum Gasteiger partial charge on any atom is 0.381 e. The monoisotopic (exact) mass is 234 g/mol. The van der Waals surface area contributed by atoms with Crippen molar-refractivity contribution in [3.8, 4) is 0 Å². The number of alkyl halides is 2. The van der Waals surface area contributed by atoms with E-state index < -0.39 is 17.5 Å². The normalized spacial score (nSPS) is 11.3. The fraction of sp³-hybridized carbons (Fsp3) is 0.300. The molecule has 0 saturated heterocycles. The van der Waals surface area contributed by atoms with Crippen LogP contribution in [0.2, 0.25) is 5.02 Å². The zero-order valence-electron chi connectivity index (χ0n) is 8.18. The first kappa shape index (κ1) is 11.9. The van der Waals surface area contributed by atoms with Crippen molar-refractivity contribution < 1.29 is 18.3 Å². The SMILES string of the molecule is COC(=O)C(F)(F)c1ccc(C)c(Cl)c1. The highest BCUT2D eigenvalue weighted by Gasteiger charge is 2.42. The summed E-state index contributed by atoms with van der Waals surface area (Å²) < 4.78 is 30.7. The average molecular weight is 235 g/mol. The first-order chi connectivity index (χ1) is 6.89. The number of carbonyl (C=O) groups is 1. The molecule has 0 spiro atoms. The maximum absolute atomic E-state index is 13.3. The highest BCUT2D eigenvalue weighted by atomic mass is 35.5. The minimum absolute atomic E-state index is 0.191. The predicted octanol–water partition coefficient (Wildman–Crippen LogP) is 2.91. The third kappa shape index (κ3) is 2.26. The van der Waals surface area contributed by atoms with Gasteiger partial charge >= 0.3 is 11.9 Å². The summed E-state index contributed by atoms with van der Waals surface area (Å²) in [7, 11) is 0.909. The Kier molecular flexibility index (Phi) is 3.29. The Morgan fingerprint density at radius 1 is 1.47 bits per heavy atom. The lowest BCUT2D eigenvalue weighted by molar-refractivity contribution is -0.170. The summed E-state index contributed by atoms with van der Waals surface area (Å²) in [5.41, 5.74) is 0.200. The van der Waals surface area contributed by atoms with Gasteiger partial charge in [-0.1, -0.05) is 23.7 Å². The topological polar surface area (TPSA) is 26.3 Å². The molecule has 82 valence electrons. The molecule has 15 heavy (non-hydrogen) atoms. The highest BCUT2D eigenvalue weighted by Crippen LogP contribution is 2.31. The molecule has 5 heteroatoms. The van der Waals surface area contributed by atoms with E-state index >= 15 is 0 Å². The van der Waals surface area contributed by atoms with Gasteiger partial charge in [-0.2, -0.15) is 8.78 Å². The Balaban J connectivity index is 3.16. The van der Waals surface area contributed by atoms with Gasteiger partial charge in [0.15, 0.2) is 0 Å². The standard InChI is InChI=1S/C10H9ClF2O2/c1-6-3-4-7(5-8(6)11)10(12,13)9(14)15-2/h3-5H,1-2H3. The number of halogens is 3. The zero-order chi connectivity index (χ0) is 11.6. The van der Waals surface area contributed by atoms with Crippen LogP contribution in [0, 0.1) is 6.92 Å². The molecular weight excluding hydrogens is 226 g/mol. The fourth-order valence-corrected chi connectivity index (χ4v) is 1.21. The maximum atomic E-state index is 13.3. The summed E-state index contributed by atoms with van der Waals surface area (Å²) in [5.74, 6) is -5.26. The molecule has 0 radical (unpaired) electrons. The predicted molar refractivity (Wildman–Crippen MR) is 52.1 cm³/mol. The van der Waals surface area contributed by atoms with E-state index in [0.717, 1.165) is 19.2 Å². The third-order valence-corrected chi connectivity index (χ3v) is 2.38. The van der Waals surface area contributed by atoms with Gasteiger partial charge in [-0.25, -0.2) is 4.79 Å². The second-order valence-electron chi connectivity index (χ2n) is 3.03. The van der Waals surface area contributed by atoms with Crippen molar-refractivity contribution >= 4 is 17.6 Å². The number of benzene rings is 1. The summed E-state index contributed by atoms with van der Waals surface area (Å²) in [6.07, 6.45) is 0. The number of esters is 1. The molecule has 0 aliphatic rings. The second-order valence-corrected chi connectivity index (χ2v) is 3.44. The molecule has 0 N–H and O–H groups in total. The lowest BCUT2D eigenvalue weighted by Crippen LogP contribution is -2.27. The van der Waals surface area contributed by atoms with Crippen molar-refractivity contribution in [2.24, 2.45) is 0 Å². The van der Waals surface area contributed by atoms with Crippen LogP contribution in [-0.2, 0) is 15.5 Å². The Hall–Kier alpha value is -1.16. The van der Waals surface area contributed by atoms with Gasteiger partial charge in [0.05, 0.1) is 7.11 Å². The molecule has 0 aromatic heterocycles. The Morgan fingerprint density at radius 2 is 2.07 bits per heavy atom. The molecule has 0 unspecified atom stereocenters. The lowest BCUT2D eigenvalue weighted by atomic mass is 10.1. The lowest BCUT2D eigenvalue weighted by Gasteiger charge is -2.14. The van der Waals surface area contributed by atoms with Crippen molar-refractivity contribution in [3.63, 3.8) is 0 Å². The van der Waals surface area contributed by atoms with E-state index in [9.17, 15) is 13.6 Å².